The van der Waals surface area contributed by atoms with Gasteiger partial charge in [-0.1, -0.05) is 13.8 Å². The monoisotopic (exact) mass is 304 g/mol. The number of ether oxygens (including phenoxy) is 1. The lowest BCUT2D eigenvalue weighted by molar-refractivity contribution is 0.0744. The van der Waals surface area contributed by atoms with Crippen molar-refractivity contribution in [2.75, 3.05) is 25.5 Å². The molecule has 1 aromatic rings. The van der Waals surface area contributed by atoms with E-state index in [1.165, 1.54) is 20.0 Å². The van der Waals surface area contributed by atoms with E-state index in [1.54, 1.807) is 12.1 Å². The molecule has 2 heterocycles. The van der Waals surface area contributed by atoms with Crippen molar-refractivity contribution in [3.8, 4) is 11.5 Å². The highest BCUT2D eigenvalue weighted by Crippen LogP contribution is 2.55. The average molecular weight is 304 g/mol. The van der Waals surface area contributed by atoms with Crippen LogP contribution in [0.4, 0.5) is 5.69 Å². The van der Waals surface area contributed by atoms with E-state index in [0.717, 1.165) is 19.5 Å². The summed E-state index contributed by atoms with van der Waals surface area (Å²) < 4.78 is 5.12. The number of phenols is 1. The molecular formula is C17H24N2O3. The Labute approximate surface area is 131 Å². The maximum atomic E-state index is 12.8. The number of phenolic OH excluding ortho intramolecular Hbond substituents is 1. The Balaban J connectivity index is 0.000000693. The fourth-order valence-corrected chi connectivity index (χ4v) is 3.56. The second kappa shape index (κ2) is 5.38. The molecule has 0 radical (unpaired) electrons. The first-order valence-corrected chi connectivity index (χ1v) is 8.08. The second-order valence-electron chi connectivity index (χ2n) is 6.24. The van der Waals surface area contributed by atoms with Gasteiger partial charge in [0.1, 0.15) is 0 Å². The highest BCUT2D eigenvalue weighted by Gasteiger charge is 2.53. The third-order valence-corrected chi connectivity index (χ3v) is 4.91. The lowest BCUT2D eigenvalue weighted by atomic mass is 10.0. The van der Waals surface area contributed by atoms with Gasteiger partial charge in [0.05, 0.1) is 18.4 Å². The Bertz CT molecular complexity index is 596. The summed E-state index contributed by atoms with van der Waals surface area (Å²) in [5.41, 5.74) is 1.70. The van der Waals surface area contributed by atoms with Crippen LogP contribution in [0.2, 0.25) is 0 Å². The molecule has 5 heteroatoms. The summed E-state index contributed by atoms with van der Waals surface area (Å²) in [6.45, 7) is 5.63. The van der Waals surface area contributed by atoms with Crippen molar-refractivity contribution < 1.29 is 14.6 Å². The summed E-state index contributed by atoms with van der Waals surface area (Å²) in [7, 11) is 1.49. The molecule has 22 heavy (non-hydrogen) atoms. The minimum atomic E-state index is 0.0528. The van der Waals surface area contributed by atoms with Gasteiger partial charge in [0, 0.05) is 25.2 Å². The van der Waals surface area contributed by atoms with Crippen molar-refractivity contribution in [3.05, 3.63) is 17.7 Å². The standard InChI is InChI=1S/C15H18N2O3.C2H6/c1-20-13-4-10-11(5-12(13)18)16-7-9-6-15(2-3-15)8-17(9)14(10)19;1-2/h4-5,9,16,18H,2-3,6-8H2,1H3;1-2H3. The normalized spacial score (nSPS) is 23.7. The van der Waals surface area contributed by atoms with E-state index in [2.05, 4.69) is 5.32 Å². The van der Waals surface area contributed by atoms with Gasteiger partial charge in [-0.2, -0.15) is 0 Å². The number of carbonyl (C=O) groups is 1. The molecule has 1 spiro atoms. The number of aromatic hydroxyl groups is 1. The molecule has 1 atom stereocenters. The number of amides is 1. The zero-order valence-corrected chi connectivity index (χ0v) is 13.5. The maximum Gasteiger partial charge on any atom is 0.256 e. The Morgan fingerprint density at radius 2 is 2.09 bits per heavy atom. The number of carbonyl (C=O) groups excluding carboxylic acids is 1. The molecule has 1 saturated heterocycles. The fourth-order valence-electron chi connectivity index (χ4n) is 3.56. The molecule has 5 nitrogen and oxygen atoms in total. The summed E-state index contributed by atoms with van der Waals surface area (Å²) >= 11 is 0. The minimum absolute atomic E-state index is 0.0528. The molecule has 2 fully saturated rings. The topological polar surface area (TPSA) is 61.8 Å². The van der Waals surface area contributed by atoms with Gasteiger partial charge < -0.3 is 20.1 Å². The minimum Gasteiger partial charge on any atom is -0.504 e. The molecule has 1 saturated carbocycles. The van der Waals surface area contributed by atoms with Crippen LogP contribution in [0.1, 0.15) is 43.5 Å². The van der Waals surface area contributed by atoms with Crippen LogP contribution in [0, 0.1) is 5.41 Å². The largest absolute Gasteiger partial charge is 0.504 e. The lowest BCUT2D eigenvalue weighted by Crippen LogP contribution is -2.37. The summed E-state index contributed by atoms with van der Waals surface area (Å²) in [6.07, 6.45) is 3.60. The Morgan fingerprint density at radius 1 is 1.36 bits per heavy atom. The van der Waals surface area contributed by atoms with Crippen molar-refractivity contribution in [1.29, 1.82) is 0 Å². The van der Waals surface area contributed by atoms with Crippen molar-refractivity contribution in [1.82, 2.24) is 4.90 Å². The van der Waals surface area contributed by atoms with Crippen LogP contribution < -0.4 is 10.1 Å². The van der Waals surface area contributed by atoms with E-state index in [9.17, 15) is 9.90 Å². The number of anilines is 1. The Morgan fingerprint density at radius 3 is 2.73 bits per heavy atom. The van der Waals surface area contributed by atoms with Crippen LogP contribution in [0.25, 0.3) is 0 Å². The van der Waals surface area contributed by atoms with Crippen LogP contribution in [-0.4, -0.2) is 42.2 Å². The van der Waals surface area contributed by atoms with Gasteiger partial charge >= 0.3 is 0 Å². The van der Waals surface area contributed by atoms with Gasteiger partial charge in [0.15, 0.2) is 11.5 Å². The molecule has 3 aliphatic rings. The Hall–Kier alpha value is -1.91. The molecule has 1 unspecified atom stereocenters. The fraction of sp³-hybridized carbons (Fsp3) is 0.588. The van der Waals surface area contributed by atoms with E-state index in [4.69, 9.17) is 4.74 Å². The SMILES string of the molecule is CC.COc1cc2c(cc1O)NCC1CC3(CC3)CN1C2=O. The Kier molecular flexibility index (Phi) is 3.67. The summed E-state index contributed by atoms with van der Waals surface area (Å²) in [5.74, 6) is 0.460. The molecule has 1 amide bonds. The number of hydrogen-bond acceptors (Lipinski definition) is 4. The van der Waals surface area contributed by atoms with Gasteiger partial charge in [0.2, 0.25) is 0 Å². The molecule has 2 aliphatic heterocycles. The van der Waals surface area contributed by atoms with Gasteiger partial charge in [0.25, 0.3) is 5.91 Å². The van der Waals surface area contributed by atoms with Crippen LogP contribution in [-0.2, 0) is 0 Å². The predicted molar refractivity (Wildman–Crippen MR) is 85.6 cm³/mol. The number of rotatable bonds is 1. The first-order chi connectivity index (χ1) is 10.6. The summed E-state index contributed by atoms with van der Waals surface area (Å²) in [5, 5.41) is 13.2. The number of benzene rings is 1. The first-order valence-electron chi connectivity index (χ1n) is 8.08. The van der Waals surface area contributed by atoms with Crippen molar-refractivity contribution >= 4 is 11.6 Å². The first kappa shape index (κ1) is 15.0. The van der Waals surface area contributed by atoms with Crippen molar-refractivity contribution in [3.63, 3.8) is 0 Å². The van der Waals surface area contributed by atoms with E-state index in [-0.39, 0.29) is 17.7 Å². The number of nitrogens with one attached hydrogen (secondary N) is 1. The molecular weight excluding hydrogens is 280 g/mol. The molecule has 1 aliphatic carbocycles. The third kappa shape index (κ3) is 2.28. The van der Waals surface area contributed by atoms with Gasteiger partial charge in [-0.25, -0.2) is 0 Å². The number of methoxy groups -OCH3 is 1. The molecule has 1 aromatic carbocycles. The van der Waals surface area contributed by atoms with Gasteiger partial charge in [-0.15, -0.1) is 0 Å². The second-order valence-corrected chi connectivity index (χ2v) is 6.24. The highest BCUT2D eigenvalue weighted by atomic mass is 16.5. The van der Waals surface area contributed by atoms with Crippen LogP contribution in [0.15, 0.2) is 12.1 Å². The average Bonchev–Trinajstić information content (AvgIpc) is 3.20. The molecule has 2 N–H and O–H groups in total. The van der Waals surface area contributed by atoms with E-state index in [0.29, 0.717) is 22.4 Å². The third-order valence-electron chi connectivity index (χ3n) is 4.91. The zero-order chi connectivity index (χ0) is 15.9. The lowest BCUT2D eigenvalue weighted by Gasteiger charge is -2.21. The zero-order valence-electron chi connectivity index (χ0n) is 13.5. The predicted octanol–water partition coefficient (Wildman–Crippen LogP) is 2.85. The highest BCUT2D eigenvalue weighted by molar-refractivity contribution is 6.01. The molecule has 4 rings (SSSR count). The van der Waals surface area contributed by atoms with Crippen molar-refractivity contribution in [2.24, 2.45) is 5.41 Å². The molecule has 120 valence electrons. The molecule has 0 bridgehead atoms. The van der Waals surface area contributed by atoms with Gasteiger partial charge in [-0.05, 0) is 30.7 Å². The van der Waals surface area contributed by atoms with Crippen LogP contribution >= 0.6 is 0 Å². The quantitative estimate of drug-likeness (QED) is 0.837. The summed E-state index contributed by atoms with van der Waals surface area (Å²) in [6, 6.07) is 3.49. The van der Waals surface area contributed by atoms with E-state index in [1.807, 2.05) is 18.7 Å². The summed E-state index contributed by atoms with van der Waals surface area (Å²) in [4.78, 5) is 14.8. The molecule has 0 aromatic heterocycles. The maximum absolute atomic E-state index is 12.8. The van der Waals surface area contributed by atoms with Crippen LogP contribution in [0.3, 0.4) is 0 Å². The number of fused-ring (bicyclic) bond motifs is 2. The van der Waals surface area contributed by atoms with E-state index >= 15 is 0 Å². The number of nitrogens with zero attached hydrogens (tertiary/aromatic N) is 1. The smallest absolute Gasteiger partial charge is 0.256 e. The number of hydrogen-bond donors (Lipinski definition) is 2. The van der Waals surface area contributed by atoms with Crippen molar-refractivity contribution in [2.45, 2.75) is 39.2 Å². The van der Waals surface area contributed by atoms with Crippen LogP contribution in [0.5, 0.6) is 11.5 Å². The van der Waals surface area contributed by atoms with E-state index < -0.39 is 0 Å². The van der Waals surface area contributed by atoms with Gasteiger partial charge in [-0.3, -0.25) is 4.79 Å².